The minimum absolute atomic E-state index is 0.0951. The molecule has 0 unspecified atom stereocenters. The molecule has 2 aromatic carbocycles. The highest BCUT2D eigenvalue weighted by atomic mass is 16.7. The number of hydrogen-bond acceptors (Lipinski definition) is 2. The van der Waals surface area contributed by atoms with Gasteiger partial charge in [0.15, 0.2) is 0 Å². The molecule has 0 bridgehead atoms. The number of rotatable bonds is 11. The summed E-state index contributed by atoms with van der Waals surface area (Å²) >= 11 is 0. The highest BCUT2D eigenvalue weighted by molar-refractivity contribution is 6.62. The third kappa shape index (κ3) is 5.03. The summed E-state index contributed by atoms with van der Waals surface area (Å²) < 4.78 is 13.0. The Bertz CT molecular complexity index is 999. The molecule has 1 heterocycles. The van der Waals surface area contributed by atoms with Crippen molar-refractivity contribution in [3.8, 4) is 11.1 Å². The summed E-state index contributed by atoms with van der Waals surface area (Å²) in [6.45, 7) is 13.2. The van der Waals surface area contributed by atoms with E-state index in [-0.39, 0.29) is 23.7 Å². The second kappa shape index (κ2) is 10.5. The van der Waals surface area contributed by atoms with Crippen molar-refractivity contribution in [2.75, 3.05) is 0 Å². The molecule has 4 rings (SSSR count). The predicted octanol–water partition coefficient (Wildman–Crippen LogP) is 6.45. The lowest BCUT2D eigenvalue weighted by Crippen LogP contribution is -2.41. The van der Waals surface area contributed by atoms with E-state index in [1.165, 1.54) is 91.8 Å². The Morgan fingerprint density at radius 1 is 0.686 bits per heavy atom. The van der Waals surface area contributed by atoms with Crippen LogP contribution in [0.15, 0.2) is 36.4 Å². The monoisotopic (exact) mass is 472 g/mol. The van der Waals surface area contributed by atoms with Crippen molar-refractivity contribution >= 4 is 25.9 Å². The van der Waals surface area contributed by atoms with Gasteiger partial charge in [0.05, 0.1) is 11.2 Å². The van der Waals surface area contributed by atoms with Crippen molar-refractivity contribution in [1.29, 1.82) is 0 Å². The summed E-state index contributed by atoms with van der Waals surface area (Å²) in [6.07, 6.45) is 12.9. The molecule has 2 nitrogen and oxygen atoms in total. The number of fused-ring (bicyclic) bond motifs is 3. The molecule has 1 aliphatic carbocycles. The minimum Gasteiger partial charge on any atom is -0.399 e. The number of hydrogen-bond donors (Lipinski definition) is 0. The Balaban J connectivity index is 1.77. The molecule has 1 aliphatic heterocycles. The van der Waals surface area contributed by atoms with Gasteiger partial charge in [-0.1, -0.05) is 107 Å². The molecule has 0 radical (unpaired) electrons. The van der Waals surface area contributed by atoms with Crippen LogP contribution < -0.4 is 10.9 Å². The highest BCUT2D eigenvalue weighted by Gasteiger charge is 2.52. The van der Waals surface area contributed by atoms with E-state index in [9.17, 15) is 0 Å². The van der Waals surface area contributed by atoms with Crippen LogP contribution in [-0.2, 0) is 14.7 Å². The third-order valence-corrected chi connectivity index (χ3v) is 8.98. The van der Waals surface area contributed by atoms with Gasteiger partial charge in [-0.05, 0) is 68.3 Å². The van der Waals surface area contributed by atoms with E-state index in [1.54, 1.807) is 5.56 Å². The van der Waals surface area contributed by atoms with Crippen molar-refractivity contribution < 1.29 is 9.31 Å². The standard InChI is InChI=1S/C31H46B2O2/c1-7-9-11-13-19-31(20-14-12-10-8-2)27-21-23(32)15-17-25(27)26-18-16-24(22-28(26)31)33-34-29(3,4)30(5,6)35-33/h15-18,21-22H,7-14,19-20,32H2,1-6H3. The van der Waals surface area contributed by atoms with Crippen molar-refractivity contribution in [2.24, 2.45) is 0 Å². The lowest BCUT2D eigenvalue weighted by Gasteiger charge is -2.33. The normalized spacial score (nSPS) is 19.1. The van der Waals surface area contributed by atoms with Crippen LogP contribution in [0.5, 0.6) is 0 Å². The summed E-state index contributed by atoms with van der Waals surface area (Å²) in [5.74, 6) is 0. The van der Waals surface area contributed by atoms with Crippen molar-refractivity contribution in [1.82, 2.24) is 0 Å². The molecule has 0 atom stereocenters. The van der Waals surface area contributed by atoms with Crippen LogP contribution in [0.25, 0.3) is 11.1 Å². The van der Waals surface area contributed by atoms with Gasteiger partial charge in [0.2, 0.25) is 0 Å². The Morgan fingerprint density at radius 2 is 1.20 bits per heavy atom. The van der Waals surface area contributed by atoms with Crippen LogP contribution in [-0.4, -0.2) is 26.2 Å². The molecule has 0 N–H and O–H groups in total. The van der Waals surface area contributed by atoms with Crippen molar-refractivity contribution in [3.63, 3.8) is 0 Å². The van der Waals surface area contributed by atoms with Crippen molar-refractivity contribution in [3.05, 3.63) is 47.5 Å². The van der Waals surface area contributed by atoms with Crippen LogP contribution in [0.4, 0.5) is 0 Å². The molecule has 0 spiro atoms. The molecule has 35 heavy (non-hydrogen) atoms. The van der Waals surface area contributed by atoms with Gasteiger partial charge in [-0.2, -0.15) is 0 Å². The zero-order valence-electron chi connectivity index (χ0n) is 23.4. The maximum Gasteiger partial charge on any atom is 0.494 e. The first-order valence-electron chi connectivity index (χ1n) is 14.3. The summed E-state index contributed by atoms with van der Waals surface area (Å²) in [5, 5.41) is 0. The summed E-state index contributed by atoms with van der Waals surface area (Å²) in [7, 11) is 1.94. The Kier molecular flexibility index (Phi) is 7.94. The van der Waals surface area contributed by atoms with Gasteiger partial charge in [0, 0.05) is 5.41 Å². The predicted molar refractivity (Wildman–Crippen MR) is 154 cm³/mol. The van der Waals surface area contributed by atoms with E-state index in [0.717, 1.165) is 0 Å². The molecule has 188 valence electrons. The highest BCUT2D eigenvalue weighted by Crippen LogP contribution is 2.53. The minimum atomic E-state index is -0.325. The maximum absolute atomic E-state index is 6.48. The topological polar surface area (TPSA) is 18.5 Å². The first-order valence-corrected chi connectivity index (χ1v) is 14.3. The first kappa shape index (κ1) is 26.6. The van der Waals surface area contributed by atoms with E-state index in [0.29, 0.717) is 0 Å². The van der Waals surface area contributed by atoms with Crippen LogP contribution in [0.2, 0.25) is 0 Å². The van der Waals surface area contributed by atoms with Gasteiger partial charge in [0.25, 0.3) is 0 Å². The lowest BCUT2D eigenvalue weighted by atomic mass is 9.68. The van der Waals surface area contributed by atoms with Crippen LogP contribution in [0.1, 0.15) is 117 Å². The van der Waals surface area contributed by atoms with E-state index >= 15 is 0 Å². The SMILES string of the molecule is Bc1ccc2c(c1)C(CCCCCC)(CCCCCC)c1cc(B3OC(C)(C)C(C)(C)O3)ccc1-2. The summed E-state index contributed by atoms with van der Waals surface area (Å²) in [4.78, 5) is 0. The quantitative estimate of drug-likeness (QED) is 0.276. The fourth-order valence-corrected chi connectivity index (χ4v) is 6.12. The molecular weight excluding hydrogens is 426 g/mol. The molecule has 0 saturated carbocycles. The average Bonchev–Trinajstić information content (AvgIpc) is 3.20. The Hall–Kier alpha value is -1.51. The van der Waals surface area contributed by atoms with Gasteiger partial charge in [-0.3, -0.25) is 0 Å². The molecule has 4 heteroatoms. The Labute approximate surface area is 216 Å². The van der Waals surface area contributed by atoms with E-state index in [1.807, 2.05) is 0 Å². The molecule has 0 amide bonds. The molecule has 1 fully saturated rings. The van der Waals surface area contributed by atoms with Crippen molar-refractivity contribution in [2.45, 2.75) is 122 Å². The first-order chi connectivity index (χ1) is 16.6. The second-order valence-electron chi connectivity index (χ2n) is 12.1. The smallest absolute Gasteiger partial charge is 0.399 e. The zero-order chi connectivity index (χ0) is 25.3. The fourth-order valence-electron chi connectivity index (χ4n) is 6.12. The lowest BCUT2D eigenvalue weighted by molar-refractivity contribution is 0.00578. The number of unbranched alkanes of at least 4 members (excludes halogenated alkanes) is 6. The Morgan fingerprint density at radius 3 is 1.74 bits per heavy atom. The van der Waals surface area contributed by atoms with Gasteiger partial charge >= 0.3 is 7.12 Å². The van der Waals surface area contributed by atoms with Crippen LogP contribution in [0, 0.1) is 0 Å². The van der Waals surface area contributed by atoms with Gasteiger partial charge in [-0.25, -0.2) is 0 Å². The molecule has 2 aliphatic rings. The zero-order valence-corrected chi connectivity index (χ0v) is 23.4. The third-order valence-electron chi connectivity index (χ3n) is 8.98. The molecule has 1 saturated heterocycles. The van der Waals surface area contributed by atoms with Crippen LogP contribution in [0.3, 0.4) is 0 Å². The van der Waals surface area contributed by atoms with Gasteiger partial charge in [0.1, 0.15) is 7.85 Å². The summed E-state index contributed by atoms with van der Waals surface area (Å²) in [6, 6.07) is 14.2. The average molecular weight is 472 g/mol. The van der Waals surface area contributed by atoms with E-state index in [4.69, 9.17) is 9.31 Å². The second-order valence-corrected chi connectivity index (χ2v) is 12.1. The van der Waals surface area contributed by atoms with Gasteiger partial charge in [-0.15, -0.1) is 0 Å². The largest absolute Gasteiger partial charge is 0.494 e. The fraction of sp³-hybridized carbons (Fsp3) is 0.613. The van der Waals surface area contributed by atoms with E-state index < -0.39 is 0 Å². The summed E-state index contributed by atoms with van der Waals surface area (Å²) in [5.41, 5.74) is 7.92. The van der Waals surface area contributed by atoms with Crippen LogP contribution >= 0.6 is 0 Å². The van der Waals surface area contributed by atoms with E-state index in [2.05, 4.69) is 85.8 Å². The number of benzene rings is 2. The molecule has 2 aromatic rings. The molecular formula is C31H46B2O2. The van der Waals surface area contributed by atoms with Gasteiger partial charge < -0.3 is 9.31 Å². The molecule has 0 aromatic heterocycles. The maximum atomic E-state index is 6.48.